The van der Waals surface area contributed by atoms with E-state index in [1.54, 1.807) is 0 Å². The molecule has 0 radical (unpaired) electrons. The average molecular weight is 325 g/mol. The molecule has 1 fully saturated rings. The maximum absolute atomic E-state index is 12.1. The predicted molar refractivity (Wildman–Crippen MR) is 91.8 cm³/mol. The summed E-state index contributed by atoms with van der Waals surface area (Å²) in [5.74, 6) is 0. The summed E-state index contributed by atoms with van der Waals surface area (Å²) in [5.41, 5.74) is 1.05. The van der Waals surface area contributed by atoms with Crippen molar-refractivity contribution in [3.8, 4) is 0 Å². The Labute approximate surface area is 137 Å². The molecule has 1 aromatic rings. The number of urea groups is 1. The van der Waals surface area contributed by atoms with E-state index in [4.69, 9.17) is 11.6 Å². The molecular formula is C16H25ClN4O. The first kappa shape index (κ1) is 16.9. The molecular weight excluding hydrogens is 300 g/mol. The maximum atomic E-state index is 12.1. The second-order valence-electron chi connectivity index (χ2n) is 5.81. The van der Waals surface area contributed by atoms with Gasteiger partial charge in [-0.25, -0.2) is 4.79 Å². The molecule has 122 valence electrons. The number of nitrogens with one attached hydrogen (secondary N) is 1. The Kier molecular flexibility index (Phi) is 6.34. The molecule has 1 N–H and O–H groups in total. The Balaban J connectivity index is 1.75. The fourth-order valence-electron chi connectivity index (χ4n) is 2.56. The number of hydrogen-bond donors (Lipinski definition) is 1. The second kappa shape index (κ2) is 8.25. The number of carbonyl (C=O) groups is 1. The van der Waals surface area contributed by atoms with Crippen molar-refractivity contribution in [2.75, 3.05) is 58.3 Å². The van der Waals surface area contributed by atoms with Gasteiger partial charge in [0.15, 0.2) is 0 Å². The van der Waals surface area contributed by atoms with E-state index < -0.39 is 0 Å². The van der Waals surface area contributed by atoms with E-state index in [0.717, 1.165) is 56.4 Å². The third-order valence-electron chi connectivity index (χ3n) is 3.82. The van der Waals surface area contributed by atoms with Crippen LogP contribution in [0.4, 0.5) is 10.5 Å². The zero-order chi connectivity index (χ0) is 15.9. The minimum atomic E-state index is 0.0394. The van der Waals surface area contributed by atoms with E-state index in [2.05, 4.69) is 15.1 Å². The smallest absolute Gasteiger partial charge is 0.317 e. The lowest BCUT2D eigenvalue weighted by Crippen LogP contribution is -2.52. The van der Waals surface area contributed by atoms with Gasteiger partial charge < -0.3 is 20.0 Å². The lowest BCUT2D eigenvalue weighted by Gasteiger charge is -2.36. The summed E-state index contributed by atoms with van der Waals surface area (Å²) in [7, 11) is 4.07. The Morgan fingerprint density at radius 2 is 1.91 bits per heavy atom. The number of hydrogen-bond acceptors (Lipinski definition) is 3. The molecule has 2 amide bonds. The Bertz CT molecular complexity index is 487. The first-order valence-electron chi connectivity index (χ1n) is 7.75. The Hall–Kier alpha value is -1.46. The first-order chi connectivity index (χ1) is 10.6. The number of benzene rings is 1. The highest BCUT2D eigenvalue weighted by Gasteiger charge is 2.21. The van der Waals surface area contributed by atoms with Crippen LogP contribution in [0, 0.1) is 0 Å². The van der Waals surface area contributed by atoms with Gasteiger partial charge in [-0.1, -0.05) is 23.7 Å². The monoisotopic (exact) mass is 324 g/mol. The largest absolute Gasteiger partial charge is 0.367 e. The number of piperazine rings is 1. The van der Waals surface area contributed by atoms with Crippen molar-refractivity contribution in [2.24, 2.45) is 0 Å². The lowest BCUT2D eigenvalue weighted by atomic mass is 10.2. The molecule has 1 aromatic carbocycles. The molecule has 1 saturated heterocycles. The molecule has 0 bridgehead atoms. The molecule has 22 heavy (non-hydrogen) atoms. The zero-order valence-electron chi connectivity index (χ0n) is 13.4. The molecule has 1 heterocycles. The van der Waals surface area contributed by atoms with Crippen LogP contribution in [-0.2, 0) is 0 Å². The molecule has 2 rings (SSSR count). The van der Waals surface area contributed by atoms with E-state index in [0.29, 0.717) is 0 Å². The molecule has 1 aliphatic rings. The zero-order valence-corrected chi connectivity index (χ0v) is 14.1. The highest BCUT2D eigenvalue weighted by atomic mass is 35.5. The van der Waals surface area contributed by atoms with Crippen molar-refractivity contribution < 1.29 is 4.79 Å². The van der Waals surface area contributed by atoms with Gasteiger partial charge in [-0.2, -0.15) is 0 Å². The quantitative estimate of drug-likeness (QED) is 0.843. The molecule has 0 aromatic heterocycles. The summed E-state index contributed by atoms with van der Waals surface area (Å²) < 4.78 is 0. The van der Waals surface area contributed by atoms with Crippen LogP contribution in [0.15, 0.2) is 24.3 Å². The maximum Gasteiger partial charge on any atom is 0.317 e. The van der Waals surface area contributed by atoms with Crippen molar-refractivity contribution in [1.29, 1.82) is 0 Å². The Morgan fingerprint density at radius 1 is 1.23 bits per heavy atom. The van der Waals surface area contributed by atoms with Gasteiger partial charge in [-0.05, 0) is 39.2 Å². The highest BCUT2D eigenvalue weighted by molar-refractivity contribution is 6.33. The summed E-state index contributed by atoms with van der Waals surface area (Å²) in [6.45, 7) is 4.79. The third-order valence-corrected chi connectivity index (χ3v) is 4.14. The average Bonchev–Trinajstić information content (AvgIpc) is 2.52. The van der Waals surface area contributed by atoms with Gasteiger partial charge in [0.1, 0.15) is 0 Å². The molecule has 0 spiro atoms. The SMILES string of the molecule is CN(C)CCCNC(=O)N1CCN(c2ccccc2Cl)CC1. The molecule has 1 aliphatic heterocycles. The summed E-state index contributed by atoms with van der Waals surface area (Å²) >= 11 is 6.23. The topological polar surface area (TPSA) is 38.8 Å². The summed E-state index contributed by atoms with van der Waals surface area (Å²) in [6, 6.07) is 7.89. The number of carbonyl (C=O) groups excluding carboxylic acids is 1. The number of amides is 2. The molecule has 6 heteroatoms. The van der Waals surface area contributed by atoms with Crippen LogP contribution < -0.4 is 10.2 Å². The van der Waals surface area contributed by atoms with Gasteiger partial charge in [0.25, 0.3) is 0 Å². The van der Waals surface area contributed by atoms with Crippen molar-refractivity contribution in [3.05, 3.63) is 29.3 Å². The van der Waals surface area contributed by atoms with Crippen molar-refractivity contribution in [2.45, 2.75) is 6.42 Å². The Morgan fingerprint density at radius 3 is 2.55 bits per heavy atom. The van der Waals surface area contributed by atoms with E-state index in [9.17, 15) is 4.79 Å². The van der Waals surface area contributed by atoms with Gasteiger partial charge in [0, 0.05) is 32.7 Å². The van der Waals surface area contributed by atoms with E-state index in [1.807, 2.05) is 43.3 Å². The third kappa shape index (κ3) is 4.78. The minimum absolute atomic E-state index is 0.0394. The number of halogens is 1. The summed E-state index contributed by atoms with van der Waals surface area (Å²) in [5, 5.41) is 3.76. The van der Waals surface area contributed by atoms with Crippen molar-refractivity contribution >= 4 is 23.3 Å². The van der Waals surface area contributed by atoms with E-state index in [-0.39, 0.29) is 6.03 Å². The van der Waals surface area contributed by atoms with E-state index >= 15 is 0 Å². The summed E-state index contributed by atoms with van der Waals surface area (Å²) in [4.78, 5) is 18.3. The van der Waals surface area contributed by atoms with Crippen LogP contribution in [0.3, 0.4) is 0 Å². The van der Waals surface area contributed by atoms with Crippen LogP contribution in [0.5, 0.6) is 0 Å². The van der Waals surface area contributed by atoms with Gasteiger partial charge in [0.2, 0.25) is 0 Å². The van der Waals surface area contributed by atoms with Crippen molar-refractivity contribution in [1.82, 2.24) is 15.1 Å². The molecule has 0 unspecified atom stereocenters. The minimum Gasteiger partial charge on any atom is -0.367 e. The number of rotatable bonds is 5. The fraction of sp³-hybridized carbons (Fsp3) is 0.562. The van der Waals surface area contributed by atoms with Gasteiger partial charge in [-0.15, -0.1) is 0 Å². The van der Waals surface area contributed by atoms with Crippen LogP contribution in [0.1, 0.15) is 6.42 Å². The molecule has 0 aliphatic carbocycles. The van der Waals surface area contributed by atoms with Crippen LogP contribution in [0.25, 0.3) is 0 Å². The van der Waals surface area contributed by atoms with Crippen LogP contribution in [-0.4, -0.2) is 69.2 Å². The first-order valence-corrected chi connectivity index (χ1v) is 8.12. The van der Waals surface area contributed by atoms with Gasteiger partial charge in [-0.3, -0.25) is 0 Å². The second-order valence-corrected chi connectivity index (χ2v) is 6.22. The number of nitrogens with zero attached hydrogens (tertiary/aromatic N) is 3. The predicted octanol–water partition coefficient (Wildman–Crippen LogP) is 2.12. The molecule has 5 nitrogen and oxygen atoms in total. The summed E-state index contributed by atoms with van der Waals surface area (Å²) in [6.07, 6.45) is 0.971. The number of para-hydroxylation sites is 1. The van der Waals surface area contributed by atoms with Crippen LogP contribution >= 0.6 is 11.6 Å². The standard InChI is InChI=1S/C16H25ClN4O/c1-19(2)9-5-8-18-16(22)21-12-10-20(11-13-21)15-7-4-3-6-14(15)17/h3-4,6-7H,5,8-13H2,1-2H3,(H,18,22). The lowest BCUT2D eigenvalue weighted by molar-refractivity contribution is 0.194. The van der Waals surface area contributed by atoms with E-state index in [1.165, 1.54) is 0 Å². The normalized spacial score (nSPS) is 15.3. The molecule has 0 atom stereocenters. The molecule has 0 saturated carbocycles. The van der Waals surface area contributed by atoms with Gasteiger partial charge >= 0.3 is 6.03 Å². The van der Waals surface area contributed by atoms with Crippen molar-refractivity contribution in [3.63, 3.8) is 0 Å². The number of anilines is 1. The van der Waals surface area contributed by atoms with Crippen LogP contribution in [0.2, 0.25) is 5.02 Å². The fourth-order valence-corrected chi connectivity index (χ4v) is 2.82. The van der Waals surface area contributed by atoms with Gasteiger partial charge in [0.05, 0.1) is 10.7 Å². The highest BCUT2D eigenvalue weighted by Crippen LogP contribution is 2.25.